The number of nitrogens with zero attached hydrogens (tertiary/aromatic N) is 1. The Kier molecular flexibility index (Phi) is 6.23. The predicted molar refractivity (Wildman–Crippen MR) is 102 cm³/mol. The van der Waals surface area contributed by atoms with Crippen LogP contribution in [0, 0.1) is 5.82 Å². The maximum atomic E-state index is 13.3. The van der Waals surface area contributed by atoms with Crippen LogP contribution in [0.25, 0.3) is 11.1 Å². The number of nitrogens with one attached hydrogen (secondary N) is 1. The second-order valence-electron chi connectivity index (χ2n) is 6.72. The van der Waals surface area contributed by atoms with Crippen molar-refractivity contribution >= 4 is 11.7 Å². The summed E-state index contributed by atoms with van der Waals surface area (Å²) in [6.07, 6.45) is 4.58. The van der Waals surface area contributed by atoms with E-state index in [1.165, 1.54) is 12.1 Å². The van der Waals surface area contributed by atoms with Gasteiger partial charge in [0.15, 0.2) is 0 Å². The van der Waals surface area contributed by atoms with Gasteiger partial charge in [-0.25, -0.2) is 9.18 Å². The molecule has 2 aromatic rings. The number of anilines is 1. The zero-order chi connectivity index (χ0) is 18.4. The monoisotopic (exact) mass is 356 g/mol. The number of halogens is 1. The summed E-state index contributed by atoms with van der Waals surface area (Å²) >= 11 is 0. The van der Waals surface area contributed by atoms with Crippen LogP contribution in [0.15, 0.2) is 48.5 Å². The fraction of sp³-hybridized carbons (Fsp3) is 0.381. The molecule has 4 nitrogen and oxygen atoms in total. The average molecular weight is 356 g/mol. The van der Waals surface area contributed by atoms with Gasteiger partial charge in [-0.3, -0.25) is 0 Å². The first-order valence-electron chi connectivity index (χ1n) is 9.11. The number of hydrogen-bond donors (Lipinski definition) is 1. The summed E-state index contributed by atoms with van der Waals surface area (Å²) in [6, 6.07) is 13.8. The Labute approximate surface area is 154 Å². The number of carbonyl (C=O) groups is 1. The number of rotatable bonds is 6. The molecular weight excluding hydrogens is 331 g/mol. The zero-order valence-electron chi connectivity index (χ0n) is 15.1. The molecule has 3 rings (SSSR count). The van der Waals surface area contributed by atoms with E-state index in [0.29, 0.717) is 12.6 Å². The quantitative estimate of drug-likeness (QED) is 0.798. The van der Waals surface area contributed by atoms with Gasteiger partial charge < -0.3 is 15.0 Å². The molecule has 1 aliphatic rings. The van der Waals surface area contributed by atoms with Gasteiger partial charge in [-0.1, -0.05) is 24.3 Å². The Morgan fingerprint density at radius 3 is 2.73 bits per heavy atom. The fourth-order valence-corrected chi connectivity index (χ4v) is 3.16. The normalized spacial score (nSPS) is 16.5. The smallest absolute Gasteiger partial charge is 0.321 e. The summed E-state index contributed by atoms with van der Waals surface area (Å²) in [4.78, 5) is 14.0. The molecule has 1 N–H and O–H groups in total. The molecule has 0 radical (unpaired) electrons. The van der Waals surface area contributed by atoms with Gasteiger partial charge in [0.2, 0.25) is 0 Å². The topological polar surface area (TPSA) is 41.6 Å². The van der Waals surface area contributed by atoms with Crippen molar-refractivity contribution in [3.05, 3.63) is 54.3 Å². The SMILES string of the molecule is CN(CCC[C@H]1CCCO1)C(=O)Nc1ccc(-c2cccc(F)c2)cc1. The van der Waals surface area contributed by atoms with Crippen LogP contribution in [-0.2, 0) is 4.74 Å². The molecule has 0 unspecified atom stereocenters. The predicted octanol–water partition coefficient (Wildman–Crippen LogP) is 4.92. The first kappa shape index (κ1) is 18.4. The van der Waals surface area contributed by atoms with E-state index in [2.05, 4.69) is 5.32 Å². The minimum Gasteiger partial charge on any atom is -0.378 e. The first-order chi connectivity index (χ1) is 12.6. The highest BCUT2D eigenvalue weighted by Crippen LogP contribution is 2.22. The Morgan fingerprint density at radius 1 is 1.23 bits per heavy atom. The van der Waals surface area contributed by atoms with E-state index in [-0.39, 0.29) is 11.8 Å². The highest BCUT2D eigenvalue weighted by atomic mass is 19.1. The number of carbonyl (C=O) groups excluding carboxylic acids is 1. The third-order valence-electron chi connectivity index (χ3n) is 4.68. The Bertz CT molecular complexity index is 727. The molecule has 2 amide bonds. The largest absolute Gasteiger partial charge is 0.378 e. The molecule has 1 fully saturated rings. The van der Waals surface area contributed by atoms with Crippen molar-refractivity contribution in [2.45, 2.75) is 31.8 Å². The summed E-state index contributed by atoms with van der Waals surface area (Å²) in [5.41, 5.74) is 2.45. The molecule has 26 heavy (non-hydrogen) atoms. The van der Waals surface area contributed by atoms with Crippen LogP contribution in [-0.4, -0.2) is 37.2 Å². The van der Waals surface area contributed by atoms with Gasteiger partial charge in [-0.2, -0.15) is 0 Å². The fourth-order valence-electron chi connectivity index (χ4n) is 3.16. The lowest BCUT2D eigenvalue weighted by atomic mass is 10.1. The molecule has 2 aromatic carbocycles. The van der Waals surface area contributed by atoms with Crippen LogP contribution in [0.5, 0.6) is 0 Å². The Hall–Kier alpha value is -2.40. The summed E-state index contributed by atoms with van der Waals surface area (Å²) in [5.74, 6) is -0.260. The number of ether oxygens (including phenoxy) is 1. The second-order valence-corrected chi connectivity index (χ2v) is 6.72. The van der Waals surface area contributed by atoms with Crippen LogP contribution in [0.4, 0.5) is 14.9 Å². The van der Waals surface area contributed by atoms with Gasteiger partial charge in [0, 0.05) is 25.9 Å². The minimum absolute atomic E-state index is 0.129. The third kappa shape index (κ3) is 5.05. The highest BCUT2D eigenvalue weighted by Gasteiger charge is 2.16. The number of benzene rings is 2. The first-order valence-corrected chi connectivity index (χ1v) is 9.11. The van der Waals surface area contributed by atoms with E-state index in [4.69, 9.17) is 4.74 Å². The third-order valence-corrected chi connectivity index (χ3v) is 4.68. The lowest BCUT2D eigenvalue weighted by molar-refractivity contribution is 0.101. The van der Waals surface area contributed by atoms with Gasteiger partial charge in [0.05, 0.1) is 6.10 Å². The maximum absolute atomic E-state index is 13.3. The molecule has 0 spiro atoms. The molecule has 0 bridgehead atoms. The van der Waals surface area contributed by atoms with Gasteiger partial charge in [-0.15, -0.1) is 0 Å². The molecule has 1 aliphatic heterocycles. The van der Waals surface area contributed by atoms with Crippen molar-refractivity contribution in [1.82, 2.24) is 4.90 Å². The zero-order valence-corrected chi connectivity index (χ0v) is 15.1. The van der Waals surface area contributed by atoms with E-state index in [1.54, 1.807) is 18.0 Å². The van der Waals surface area contributed by atoms with E-state index < -0.39 is 0 Å². The maximum Gasteiger partial charge on any atom is 0.321 e. The van der Waals surface area contributed by atoms with Gasteiger partial charge in [-0.05, 0) is 61.1 Å². The highest BCUT2D eigenvalue weighted by molar-refractivity contribution is 5.89. The van der Waals surface area contributed by atoms with Crippen LogP contribution in [0.1, 0.15) is 25.7 Å². The molecule has 5 heteroatoms. The van der Waals surface area contributed by atoms with E-state index in [1.807, 2.05) is 30.3 Å². The van der Waals surface area contributed by atoms with Gasteiger partial charge in [0.1, 0.15) is 5.82 Å². The lowest BCUT2D eigenvalue weighted by Crippen LogP contribution is -2.32. The number of amides is 2. The summed E-state index contributed by atoms with van der Waals surface area (Å²) < 4.78 is 18.9. The van der Waals surface area contributed by atoms with E-state index in [0.717, 1.165) is 49.1 Å². The summed E-state index contributed by atoms with van der Waals surface area (Å²) in [6.45, 7) is 1.57. The average Bonchev–Trinajstić information content (AvgIpc) is 3.15. The molecule has 0 saturated carbocycles. The Balaban J connectivity index is 1.49. The van der Waals surface area contributed by atoms with Crippen molar-refractivity contribution in [2.75, 3.05) is 25.5 Å². The van der Waals surface area contributed by atoms with Crippen molar-refractivity contribution < 1.29 is 13.9 Å². The Morgan fingerprint density at radius 2 is 2.04 bits per heavy atom. The minimum atomic E-state index is -0.260. The van der Waals surface area contributed by atoms with Gasteiger partial charge in [0.25, 0.3) is 0 Å². The van der Waals surface area contributed by atoms with Crippen molar-refractivity contribution in [3.63, 3.8) is 0 Å². The second kappa shape index (κ2) is 8.81. The van der Waals surface area contributed by atoms with Crippen molar-refractivity contribution in [3.8, 4) is 11.1 Å². The molecule has 1 heterocycles. The summed E-state index contributed by atoms with van der Waals surface area (Å²) in [7, 11) is 1.80. The van der Waals surface area contributed by atoms with Gasteiger partial charge >= 0.3 is 6.03 Å². The van der Waals surface area contributed by atoms with E-state index >= 15 is 0 Å². The molecule has 1 saturated heterocycles. The standard InChI is InChI=1S/C21H25FN2O2/c1-24(13-3-7-20-8-4-14-26-20)21(25)23-19-11-9-16(10-12-19)17-5-2-6-18(22)15-17/h2,5-6,9-12,15,20H,3-4,7-8,13-14H2,1H3,(H,23,25)/t20-/m0/s1. The molecule has 138 valence electrons. The van der Waals surface area contributed by atoms with E-state index in [9.17, 15) is 9.18 Å². The van der Waals surface area contributed by atoms with Crippen molar-refractivity contribution in [2.24, 2.45) is 0 Å². The molecule has 0 aromatic heterocycles. The van der Waals surface area contributed by atoms with Crippen LogP contribution < -0.4 is 5.32 Å². The number of hydrogen-bond acceptors (Lipinski definition) is 2. The molecule has 1 atom stereocenters. The van der Waals surface area contributed by atoms with Crippen molar-refractivity contribution in [1.29, 1.82) is 0 Å². The summed E-state index contributed by atoms with van der Waals surface area (Å²) in [5, 5.41) is 2.89. The lowest BCUT2D eigenvalue weighted by Gasteiger charge is -2.19. The number of urea groups is 1. The van der Waals surface area contributed by atoms with Crippen LogP contribution in [0.2, 0.25) is 0 Å². The molecule has 0 aliphatic carbocycles. The molecular formula is C21H25FN2O2. The van der Waals surface area contributed by atoms with Crippen LogP contribution in [0.3, 0.4) is 0 Å². The van der Waals surface area contributed by atoms with Crippen LogP contribution >= 0.6 is 0 Å².